The summed E-state index contributed by atoms with van der Waals surface area (Å²) in [7, 11) is -4.67. The van der Waals surface area contributed by atoms with Crippen LogP contribution in [0.4, 0.5) is 21.5 Å². The van der Waals surface area contributed by atoms with E-state index in [2.05, 4.69) is 41.9 Å². The summed E-state index contributed by atoms with van der Waals surface area (Å²) < 4.78 is 56.9. The van der Waals surface area contributed by atoms with Crippen molar-refractivity contribution in [2.45, 2.75) is 114 Å². The molecule has 1 spiro atoms. The molecule has 4 heterocycles. The van der Waals surface area contributed by atoms with Crippen LogP contribution in [0.5, 0.6) is 17.4 Å². The third kappa shape index (κ3) is 10.1. The van der Waals surface area contributed by atoms with E-state index in [4.69, 9.17) is 9.47 Å². The van der Waals surface area contributed by atoms with Crippen LogP contribution in [0.3, 0.4) is 0 Å². The lowest BCUT2D eigenvalue weighted by atomic mass is 9.70. The molecule has 4 aliphatic rings. The van der Waals surface area contributed by atoms with Crippen molar-refractivity contribution < 1.29 is 42.2 Å². The fourth-order valence-corrected chi connectivity index (χ4v) is 12.1. The SMILES string of the molecule is CCOc1nc2[nH]cc(F)c2cc1Oc1cc(N2CCC3(CC2)CN([C@H]2CCC[C@H]2c2ccccc2C(C)(C)O)C3)ccc1C(=O)NS(=O)(=O)c1ccc(NCC2CCC(C)(O)CC2)c([N+](=O)[O-])c1. The fraction of sp³-hybridized carbons (Fsp3) is 0.490. The van der Waals surface area contributed by atoms with Crippen LogP contribution in [0.15, 0.2) is 77.8 Å². The molecule has 1 amide bonds. The highest BCUT2D eigenvalue weighted by molar-refractivity contribution is 7.90. The molecule has 2 saturated carbocycles. The number of aromatic nitrogens is 2. The van der Waals surface area contributed by atoms with Crippen LogP contribution in [0.25, 0.3) is 11.0 Å². The molecule has 4 fully saturated rings. The largest absolute Gasteiger partial charge is 0.475 e. The van der Waals surface area contributed by atoms with Gasteiger partial charge in [0.05, 0.1) is 38.6 Å². The number of likely N-dealkylation sites (tertiary alicyclic amines) is 1. The zero-order valence-corrected chi connectivity index (χ0v) is 40.4. The zero-order valence-electron chi connectivity index (χ0n) is 39.6. The molecule has 3 aromatic carbocycles. The van der Waals surface area contributed by atoms with Gasteiger partial charge in [0.25, 0.3) is 27.5 Å². The monoisotopic (exact) mass is 967 g/mol. The highest BCUT2D eigenvalue weighted by Crippen LogP contribution is 2.49. The number of carbonyl (C=O) groups excluding carboxylic acids is 1. The number of nitrogens with zero attached hydrogens (tertiary/aromatic N) is 4. The second-order valence-corrected chi connectivity index (χ2v) is 22.1. The van der Waals surface area contributed by atoms with Crippen molar-refractivity contribution in [2.75, 3.05) is 49.5 Å². The minimum Gasteiger partial charge on any atom is -0.475 e. The van der Waals surface area contributed by atoms with Crippen molar-refractivity contribution in [3.8, 4) is 17.4 Å². The van der Waals surface area contributed by atoms with Crippen molar-refractivity contribution in [3.63, 3.8) is 0 Å². The lowest BCUT2D eigenvalue weighted by Gasteiger charge is -2.57. The summed E-state index contributed by atoms with van der Waals surface area (Å²) in [5.41, 5.74) is 1.18. The lowest BCUT2D eigenvalue weighted by Crippen LogP contribution is -2.63. The normalized spacial score (nSPS) is 22.9. The van der Waals surface area contributed by atoms with Crippen LogP contribution in [0.2, 0.25) is 0 Å². The van der Waals surface area contributed by atoms with Gasteiger partial charge < -0.3 is 34.9 Å². The van der Waals surface area contributed by atoms with Gasteiger partial charge in [0.1, 0.15) is 22.9 Å². The molecule has 2 aliphatic carbocycles. The molecule has 0 radical (unpaired) electrons. The molecule has 368 valence electrons. The van der Waals surface area contributed by atoms with E-state index >= 15 is 0 Å². The van der Waals surface area contributed by atoms with E-state index in [0.717, 1.165) is 94.6 Å². The number of benzene rings is 3. The van der Waals surface area contributed by atoms with Gasteiger partial charge >= 0.3 is 0 Å². The van der Waals surface area contributed by atoms with Gasteiger partial charge in [-0.2, -0.15) is 4.98 Å². The zero-order chi connectivity index (χ0) is 48.9. The minimum atomic E-state index is -4.67. The predicted molar refractivity (Wildman–Crippen MR) is 260 cm³/mol. The van der Waals surface area contributed by atoms with E-state index in [1.54, 1.807) is 26.0 Å². The first-order chi connectivity index (χ1) is 32.8. The number of carbonyl (C=O) groups is 1. The Balaban J connectivity index is 0.934. The summed E-state index contributed by atoms with van der Waals surface area (Å²) in [5, 5.41) is 36.8. The molecule has 5 aromatic rings. The Hall–Kier alpha value is -5.82. The maximum absolute atomic E-state index is 14.9. The summed E-state index contributed by atoms with van der Waals surface area (Å²) in [6.07, 6.45) is 9.09. The number of fused-ring (bicyclic) bond motifs is 1. The van der Waals surface area contributed by atoms with E-state index in [0.29, 0.717) is 31.3 Å². The van der Waals surface area contributed by atoms with Crippen LogP contribution in [0, 0.1) is 27.3 Å². The molecule has 69 heavy (non-hydrogen) atoms. The Bertz CT molecular complexity index is 2840. The number of nitro benzene ring substituents is 1. The minimum absolute atomic E-state index is 0.00299. The van der Waals surface area contributed by atoms with Crippen LogP contribution in [-0.2, 0) is 15.6 Å². The van der Waals surface area contributed by atoms with Crippen molar-refractivity contribution in [1.29, 1.82) is 0 Å². The van der Waals surface area contributed by atoms with Crippen LogP contribution < -0.4 is 24.4 Å². The molecule has 2 aliphatic heterocycles. The number of piperidine rings is 1. The van der Waals surface area contributed by atoms with Crippen molar-refractivity contribution in [2.24, 2.45) is 11.3 Å². The standard InChI is InChI=1S/C51H62FN7O9S/c1-5-67-48-45(27-38-40(52)29-54-46(38)55-48)68-44-25-33(57-23-21-51(22-24-57)30-58(31-51)42-12-8-10-36(42)35-9-6-7-11-39(35)49(2,3)61)13-15-37(44)47(60)56-69(65,66)34-14-16-41(43(26-34)59(63)64)53-28-32-17-19-50(4,62)20-18-32/h6-7,9,11,13-16,25-27,29,32,36,42,53,61-62H,5,8,10,12,17-24,28,30-31H2,1-4H3,(H,54,55)(H,56,60)/t32?,36-,42-,50?/m0/s1. The molecule has 0 unspecified atom stereocenters. The van der Waals surface area contributed by atoms with Gasteiger partial charge in [-0.25, -0.2) is 17.5 Å². The molecular formula is C51H62FN7O9S. The number of nitro groups is 1. The molecule has 9 rings (SSSR count). The first kappa shape index (κ1) is 48.2. The first-order valence-electron chi connectivity index (χ1n) is 24.1. The van der Waals surface area contributed by atoms with Gasteiger partial charge in [0, 0.05) is 68.8 Å². The smallest absolute Gasteiger partial charge is 0.293 e. The van der Waals surface area contributed by atoms with E-state index < -0.39 is 48.5 Å². The van der Waals surface area contributed by atoms with Gasteiger partial charge in [-0.15, -0.1) is 0 Å². The molecule has 18 heteroatoms. The van der Waals surface area contributed by atoms with E-state index in [-0.39, 0.29) is 57.6 Å². The van der Waals surface area contributed by atoms with E-state index in [1.165, 1.54) is 29.8 Å². The predicted octanol–water partition coefficient (Wildman–Crippen LogP) is 8.74. The Kier molecular flexibility index (Phi) is 13.2. The molecular weight excluding hydrogens is 906 g/mol. The number of ether oxygens (including phenoxy) is 2. The molecule has 16 nitrogen and oxygen atoms in total. The second-order valence-electron chi connectivity index (χ2n) is 20.4. The maximum Gasteiger partial charge on any atom is 0.293 e. The average Bonchev–Trinajstić information content (AvgIpc) is 3.93. The number of halogens is 1. The fourth-order valence-electron chi connectivity index (χ4n) is 11.1. The van der Waals surface area contributed by atoms with Gasteiger partial charge in [-0.3, -0.25) is 19.8 Å². The van der Waals surface area contributed by atoms with Crippen molar-refractivity contribution in [3.05, 3.63) is 106 Å². The highest BCUT2D eigenvalue weighted by Gasteiger charge is 2.50. The van der Waals surface area contributed by atoms with Crippen LogP contribution in [0.1, 0.15) is 113 Å². The summed E-state index contributed by atoms with van der Waals surface area (Å²) in [4.78, 5) is 37.2. The number of anilines is 2. The van der Waals surface area contributed by atoms with Gasteiger partial charge in [0.15, 0.2) is 5.75 Å². The van der Waals surface area contributed by atoms with Crippen LogP contribution >= 0.6 is 0 Å². The number of pyridine rings is 1. The van der Waals surface area contributed by atoms with Gasteiger partial charge in [-0.05, 0) is 132 Å². The lowest BCUT2D eigenvalue weighted by molar-refractivity contribution is -0.384. The molecule has 0 bridgehead atoms. The third-order valence-electron chi connectivity index (χ3n) is 15.0. The number of hydrogen-bond acceptors (Lipinski definition) is 13. The van der Waals surface area contributed by atoms with Gasteiger partial charge in [-0.1, -0.05) is 30.7 Å². The topological polar surface area (TPSA) is 212 Å². The Morgan fingerprint density at radius 3 is 2.46 bits per heavy atom. The van der Waals surface area contributed by atoms with E-state index in [1.807, 2.05) is 26.0 Å². The van der Waals surface area contributed by atoms with Crippen LogP contribution in [-0.4, -0.2) is 95.3 Å². The van der Waals surface area contributed by atoms with Crippen molar-refractivity contribution >= 4 is 44.0 Å². The maximum atomic E-state index is 14.9. The molecule has 2 saturated heterocycles. The number of amides is 1. The Labute approximate surface area is 401 Å². The summed E-state index contributed by atoms with van der Waals surface area (Å²) in [6, 6.07) is 18.4. The average molecular weight is 968 g/mol. The quantitative estimate of drug-likeness (QED) is 0.0491. The first-order valence-corrected chi connectivity index (χ1v) is 25.6. The number of H-pyrrole nitrogens is 1. The molecule has 5 N–H and O–H groups in total. The number of aliphatic hydroxyl groups is 2. The number of nitrogens with one attached hydrogen (secondary N) is 3. The third-order valence-corrected chi connectivity index (χ3v) is 16.3. The number of rotatable bonds is 15. The second kappa shape index (κ2) is 18.8. The summed E-state index contributed by atoms with van der Waals surface area (Å²) in [5.74, 6) is -1.13. The van der Waals surface area contributed by atoms with E-state index in [9.17, 15) is 37.9 Å². The highest BCUT2D eigenvalue weighted by atomic mass is 32.2. The summed E-state index contributed by atoms with van der Waals surface area (Å²) in [6.45, 7) is 11.3. The number of aromatic amines is 1. The number of sulfonamides is 1. The van der Waals surface area contributed by atoms with Gasteiger partial charge in [0.2, 0.25) is 0 Å². The van der Waals surface area contributed by atoms with Crippen molar-refractivity contribution in [1.82, 2.24) is 19.6 Å². The summed E-state index contributed by atoms with van der Waals surface area (Å²) >= 11 is 0. The molecule has 2 atom stereocenters. The number of hydrogen-bond donors (Lipinski definition) is 5. The molecule has 2 aromatic heterocycles. The Morgan fingerprint density at radius 1 is 1.01 bits per heavy atom. The Morgan fingerprint density at radius 2 is 1.75 bits per heavy atom.